The summed E-state index contributed by atoms with van der Waals surface area (Å²) in [7, 11) is 0. The van der Waals surface area contributed by atoms with Crippen molar-refractivity contribution < 1.29 is 4.79 Å². The topological polar surface area (TPSA) is 70.2 Å². The molecule has 3 aromatic carbocycles. The van der Waals surface area contributed by atoms with Crippen LogP contribution in [0.25, 0.3) is 10.9 Å². The van der Waals surface area contributed by atoms with Crippen molar-refractivity contribution in [2.75, 3.05) is 0 Å². The number of hydrazone groups is 1. The van der Waals surface area contributed by atoms with Gasteiger partial charge in [0, 0.05) is 33.7 Å². The highest BCUT2D eigenvalue weighted by Gasteiger charge is 2.19. The van der Waals surface area contributed by atoms with Crippen LogP contribution >= 0.6 is 15.9 Å². The smallest absolute Gasteiger partial charge is 0.261 e. The Morgan fingerprint density at radius 1 is 1.06 bits per heavy atom. The minimum absolute atomic E-state index is 0.455. The summed E-state index contributed by atoms with van der Waals surface area (Å²) >= 11 is 3.47. The fourth-order valence-electron chi connectivity index (χ4n) is 3.46. The van der Waals surface area contributed by atoms with Crippen molar-refractivity contribution in [2.45, 2.75) is 12.5 Å². The zero-order valence-corrected chi connectivity index (χ0v) is 18.2. The predicted molar refractivity (Wildman–Crippen MR) is 126 cm³/mol. The van der Waals surface area contributed by atoms with Crippen molar-refractivity contribution in [3.63, 3.8) is 0 Å². The second kappa shape index (κ2) is 9.41. The van der Waals surface area contributed by atoms with Gasteiger partial charge in [0.05, 0.1) is 12.3 Å². The molecule has 4 rings (SSSR count). The molecule has 0 spiro atoms. The third kappa shape index (κ3) is 4.73. The van der Waals surface area contributed by atoms with Gasteiger partial charge in [0.2, 0.25) is 0 Å². The largest absolute Gasteiger partial charge is 0.342 e. The number of carbonyl (C=O) groups excluding carboxylic acids is 1. The highest BCUT2D eigenvalue weighted by atomic mass is 79.9. The van der Waals surface area contributed by atoms with Gasteiger partial charge in [0.1, 0.15) is 0 Å². The van der Waals surface area contributed by atoms with E-state index in [1.54, 1.807) is 30.5 Å². The van der Waals surface area contributed by atoms with Crippen molar-refractivity contribution >= 4 is 39.0 Å². The molecule has 31 heavy (non-hydrogen) atoms. The molecule has 1 aromatic heterocycles. The molecule has 0 aliphatic rings. The third-order valence-electron chi connectivity index (χ3n) is 4.99. The Balaban J connectivity index is 1.54. The lowest BCUT2D eigenvalue weighted by atomic mass is 10.0. The number of carbonyl (C=O) groups is 1. The molecule has 152 valence electrons. The number of fused-ring (bicyclic) bond motifs is 1. The number of nitrogens with one attached hydrogen (secondary N) is 1. The van der Waals surface area contributed by atoms with E-state index in [1.807, 2.05) is 48.7 Å². The van der Waals surface area contributed by atoms with E-state index in [-0.39, 0.29) is 0 Å². The maximum absolute atomic E-state index is 12.4. The van der Waals surface area contributed by atoms with Crippen LogP contribution in [0.2, 0.25) is 0 Å². The van der Waals surface area contributed by atoms with Crippen molar-refractivity contribution in [3.05, 3.63) is 106 Å². The van der Waals surface area contributed by atoms with Crippen LogP contribution in [0.5, 0.6) is 0 Å². The van der Waals surface area contributed by atoms with Crippen LogP contribution in [0.1, 0.15) is 22.6 Å². The van der Waals surface area contributed by atoms with Crippen LogP contribution < -0.4 is 5.43 Å². The van der Waals surface area contributed by atoms with Crippen LogP contribution in [0.3, 0.4) is 0 Å². The van der Waals surface area contributed by atoms with E-state index in [1.165, 1.54) is 5.56 Å². The number of halogens is 1. The van der Waals surface area contributed by atoms with Crippen LogP contribution in [-0.2, 0) is 11.3 Å². The normalized spacial score (nSPS) is 12.0. The molecule has 1 amide bonds. The lowest BCUT2D eigenvalue weighted by Gasteiger charge is -2.06. The number of rotatable bonds is 6. The molecule has 0 bridgehead atoms. The van der Waals surface area contributed by atoms with Gasteiger partial charge in [-0.15, -0.1) is 0 Å². The Kier molecular flexibility index (Phi) is 6.25. The highest BCUT2D eigenvalue weighted by molar-refractivity contribution is 9.10. The average molecular weight is 471 g/mol. The van der Waals surface area contributed by atoms with E-state index < -0.39 is 11.8 Å². The molecule has 0 fully saturated rings. The van der Waals surface area contributed by atoms with Crippen LogP contribution in [-0.4, -0.2) is 16.7 Å². The molecular weight excluding hydrogens is 452 g/mol. The first-order valence-electron chi connectivity index (χ1n) is 9.75. The second-order valence-corrected chi connectivity index (χ2v) is 7.98. The molecule has 1 atom stereocenters. The minimum Gasteiger partial charge on any atom is -0.342 e. The molecule has 0 aliphatic heterocycles. The van der Waals surface area contributed by atoms with Gasteiger partial charge >= 0.3 is 0 Å². The van der Waals surface area contributed by atoms with Crippen molar-refractivity contribution in [1.29, 1.82) is 5.26 Å². The van der Waals surface area contributed by atoms with Gasteiger partial charge in [-0.1, -0.05) is 76.6 Å². The van der Waals surface area contributed by atoms with E-state index in [9.17, 15) is 10.1 Å². The van der Waals surface area contributed by atoms with Crippen molar-refractivity contribution in [1.82, 2.24) is 9.99 Å². The first kappa shape index (κ1) is 20.6. The molecule has 0 radical (unpaired) electrons. The maximum atomic E-state index is 12.4. The van der Waals surface area contributed by atoms with E-state index in [0.717, 1.165) is 27.5 Å². The average Bonchev–Trinajstić information content (AvgIpc) is 3.14. The molecule has 6 heteroatoms. The fraction of sp³-hybridized carbons (Fsp3) is 0.0800. The Hall–Kier alpha value is -3.69. The summed E-state index contributed by atoms with van der Waals surface area (Å²) < 4.78 is 3.20. The zero-order chi connectivity index (χ0) is 21.6. The van der Waals surface area contributed by atoms with Crippen LogP contribution in [0.15, 0.2) is 94.6 Å². The molecule has 0 unspecified atom stereocenters. The quantitative estimate of drug-likeness (QED) is 0.310. The van der Waals surface area contributed by atoms with Crippen molar-refractivity contribution in [2.24, 2.45) is 5.10 Å². The second-order valence-electron chi connectivity index (χ2n) is 7.06. The highest BCUT2D eigenvalue weighted by Crippen LogP contribution is 2.22. The molecule has 1 heterocycles. The number of para-hydroxylation sites is 1. The summed E-state index contributed by atoms with van der Waals surface area (Å²) in [4.78, 5) is 12.4. The van der Waals surface area contributed by atoms with Crippen molar-refractivity contribution in [3.8, 4) is 6.07 Å². The van der Waals surface area contributed by atoms with E-state index in [4.69, 9.17) is 0 Å². The molecular formula is C25H19BrN4O. The predicted octanol–water partition coefficient (Wildman–Crippen LogP) is 5.21. The summed E-state index contributed by atoms with van der Waals surface area (Å²) in [6.45, 7) is 0.721. The van der Waals surface area contributed by atoms with Gasteiger partial charge in [-0.3, -0.25) is 4.79 Å². The van der Waals surface area contributed by atoms with Crippen LogP contribution in [0.4, 0.5) is 0 Å². The summed E-state index contributed by atoms with van der Waals surface area (Å²) in [6.07, 6.45) is 3.64. The molecule has 4 aromatic rings. The number of amides is 1. The van der Waals surface area contributed by atoms with Gasteiger partial charge < -0.3 is 4.57 Å². The van der Waals surface area contributed by atoms with Gasteiger partial charge in [-0.2, -0.15) is 10.4 Å². The standard InChI is InChI=1S/C25H19BrN4O/c26-21-12-10-18(11-13-21)16-30-17-20(22-8-4-5-9-24(22)30)15-28-29-25(31)23(14-27)19-6-2-1-3-7-19/h1-13,15,17,23H,16H2,(H,29,31)/b28-15-/t23-/m0/s1. The van der Waals surface area contributed by atoms with Gasteiger partial charge in [0.15, 0.2) is 5.92 Å². The Morgan fingerprint density at radius 3 is 2.52 bits per heavy atom. The summed E-state index contributed by atoms with van der Waals surface area (Å²) in [6, 6.07) is 27.3. The lowest BCUT2D eigenvalue weighted by molar-refractivity contribution is -0.121. The summed E-state index contributed by atoms with van der Waals surface area (Å²) in [5.41, 5.74) is 6.30. The maximum Gasteiger partial charge on any atom is 0.261 e. The van der Waals surface area contributed by atoms with Crippen LogP contribution in [0, 0.1) is 11.3 Å². The number of nitriles is 1. The number of benzene rings is 3. The van der Waals surface area contributed by atoms with Gasteiger partial charge in [-0.05, 0) is 29.3 Å². The molecule has 0 saturated carbocycles. The number of hydrogen-bond acceptors (Lipinski definition) is 3. The minimum atomic E-state index is -0.905. The first-order chi connectivity index (χ1) is 15.2. The third-order valence-corrected chi connectivity index (χ3v) is 5.52. The Labute approximate surface area is 188 Å². The molecule has 5 nitrogen and oxygen atoms in total. The van der Waals surface area contributed by atoms with E-state index in [0.29, 0.717) is 5.56 Å². The molecule has 0 saturated heterocycles. The number of hydrogen-bond donors (Lipinski definition) is 1. The summed E-state index contributed by atoms with van der Waals surface area (Å²) in [5.74, 6) is -1.36. The zero-order valence-electron chi connectivity index (χ0n) is 16.6. The Bertz CT molecular complexity index is 1270. The van der Waals surface area contributed by atoms with Gasteiger partial charge in [0.25, 0.3) is 5.91 Å². The number of aromatic nitrogens is 1. The monoisotopic (exact) mass is 470 g/mol. The lowest BCUT2D eigenvalue weighted by Crippen LogP contribution is -2.24. The molecule has 0 aliphatic carbocycles. The van der Waals surface area contributed by atoms with E-state index >= 15 is 0 Å². The number of nitrogens with zero attached hydrogens (tertiary/aromatic N) is 3. The van der Waals surface area contributed by atoms with Gasteiger partial charge in [-0.25, -0.2) is 5.43 Å². The first-order valence-corrected chi connectivity index (χ1v) is 10.5. The molecule has 1 N–H and O–H groups in total. The summed E-state index contributed by atoms with van der Waals surface area (Å²) in [5, 5.41) is 14.6. The fourth-order valence-corrected chi connectivity index (χ4v) is 3.72. The SMILES string of the molecule is N#C[C@H](C(=O)N/N=C\c1cn(Cc2ccc(Br)cc2)c2ccccc12)c1ccccc1. The Morgan fingerprint density at radius 2 is 1.77 bits per heavy atom. The van der Waals surface area contributed by atoms with E-state index in [2.05, 4.69) is 49.2 Å².